The molecule has 25 heavy (non-hydrogen) atoms. The molecule has 0 spiro atoms. The van der Waals surface area contributed by atoms with Crippen molar-refractivity contribution in [3.8, 4) is 5.75 Å². The third kappa shape index (κ3) is 6.16. The average molecular weight is 347 g/mol. The first-order valence-electron chi connectivity index (χ1n) is 9.22. The number of rotatable bonds is 10. The zero-order valence-electron chi connectivity index (χ0n) is 15.1. The number of carbonyl (C=O) groups is 2. The summed E-state index contributed by atoms with van der Waals surface area (Å²) in [4.78, 5) is 23.2. The Kier molecular flexibility index (Phi) is 7.92. The molecule has 1 aliphatic rings. The van der Waals surface area contributed by atoms with E-state index >= 15 is 0 Å². The monoisotopic (exact) mass is 347 g/mol. The summed E-state index contributed by atoms with van der Waals surface area (Å²) in [6.07, 6.45) is 7.53. The van der Waals surface area contributed by atoms with E-state index in [2.05, 4.69) is 17.4 Å². The van der Waals surface area contributed by atoms with Crippen LogP contribution in [-0.4, -0.2) is 30.5 Å². The number of aliphatic hydroxyl groups excluding tert-OH is 1. The summed E-state index contributed by atoms with van der Waals surface area (Å²) in [5.41, 5.74) is 2.48. The predicted molar refractivity (Wildman–Crippen MR) is 96.6 cm³/mol. The third-order valence-electron chi connectivity index (χ3n) is 4.79. The molecule has 5 heteroatoms. The Balaban J connectivity index is 1.72. The number of fused-ring (bicyclic) bond motifs is 1. The van der Waals surface area contributed by atoms with E-state index in [1.807, 2.05) is 6.07 Å². The molecule has 2 rings (SSSR count). The molecule has 1 amide bonds. The third-order valence-corrected chi connectivity index (χ3v) is 4.79. The minimum Gasteiger partial charge on any atom is -0.497 e. The summed E-state index contributed by atoms with van der Waals surface area (Å²) in [5, 5.41) is 11.8. The molecule has 0 aromatic heterocycles. The maximum absolute atomic E-state index is 12.2. The van der Waals surface area contributed by atoms with Gasteiger partial charge in [0.2, 0.25) is 5.91 Å². The first-order chi connectivity index (χ1) is 12.1. The molecule has 1 unspecified atom stereocenters. The summed E-state index contributed by atoms with van der Waals surface area (Å²) in [5.74, 6) is 0.857. The second-order valence-corrected chi connectivity index (χ2v) is 6.69. The van der Waals surface area contributed by atoms with E-state index in [0.29, 0.717) is 12.8 Å². The minimum atomic E-state index is -0.364. The summed E-state index contributed by atoms with van der Waals surface area (Å²) in [6.45, 7) is -0.364. The smallest absolute Gasteiger partial charge is 0.220 e. The first-order valence-corrected chi connectivity index (χ1v) is 9.22. The topological polar surface area (TPSA) is 75.6 Å². The van der Waals surface area contributed by atoms with Gasteiger partial charge in [0.05, 0.1) is 13.2 Å². The number of hydrogen-bond acceptors (Lipinski definition) is 4. The number of aryl methyl sites for hydroxylation is 1. The Hall–Kier alpha value is -1.88. The van der Waals surface area contributed by atoms with E-state index in [1.165, 1.54) is 11.1 Å². The molecule has 5 nitrogen and oxygen atoms in total. The van der Waals surface area contributed by atoms with Gasteiger partial charge in [-0.15, -0.1) is 0 Å². The van der Waals surface area contributed by atoms with Gasteiger partial charge in [-0.05, 0) is 55.4 Å². The molecule has 0 saturated carbocycles. The number of carbonyl (C=O) groups excluding carboxylic acids is 2. The van der Waals surface area contributed by atoms with E-state index in [-0.39, 0.29) is 24.3 Å². The average Bonchev–Trinajstić information content (AvgIpc) is 2.64. The van der Waals surface area contributed by atoms with Crippen LogP contribution in [0.15, 0.2) is 18.2 Å². The van der Waals surface area contributed by atoms with Crippen LogP contribution in [0.1, 0.15) is 68.5 Å². The van der Waals surface area contributed by atoms with Gasteiger partial charge in [0.1, 0.15) is 12.4 Å². The molecule has 138 valence electrons. The lowest BCUT2D eigenvalue weighted by Gasteiger charge is -2.27. The van der Waals surface area contributed by atoms with E-state index in [1.54, 1.807) is 7.11 Å². The van der Waals surface area contributed by atoms with Gasteiger partial charge in [-0.2, -0.15) is 0 Å². The molecule has 1 atom stereocenters. The van der Waals surface area contributed by atoms with Crippen LogP contribution in [-0.2, 0) is 16.0 Å². The highest BCUT2D eigenvalue weighted by atomic mass is 16.5. The lowest BCUT2D eigenvalue weighted by molar-refractivity contribution is -0.122. The molecule has 1 aromatic carbocycles. The van der Waals surface area contributed by atoms with E-state index in [9.17, 15) is 9.59 Å². The van der Waals surface area contributed by atoms with Gasteiger partial charge in [0, 0.05) is 12.8 Å². The number of methoxy groups -OCH3 is 1. The fourth-order valence-electron chi connectivity index (χ4n) is 3.37. The van der Waals surface area contributed by atoms with Crippen molar-refractivity contribution in [3.05, 3.63) is 29.3 Å². The fraction of sp³-hybridized carbons (Fsp3) is 0.600. The number of Topliss-reactive ketones (excluding diaryl/α,β-unsaturated/α-hetero) is 1. The highest BCUT2D eigenvalue weighted by Gasteiger charge is 2.22. The molecule has 2 N–H and O–H groups in total. The van der Waals surface area contributed by atoms with Gasteiger partial charge in [-0.3, -0.25) is 9.59 Å². The van der Waals surface area contributed by atoms with Crippen molar-refractivity contribution in [2.75, 3.05) is 13.7 Å². The number of benzene rings is 1. The number of nitrogens with one attached hydrogen (secondary N) is 1. The van der Waals surface area contributed by atoms with Crippen molar-refractivity contribution in [1.82, 2.24) is 5.32 Å². The summed E-state index contributed by atoms with van der Waals surface area (Å²) >= 11 is 0. The SMILES string of the molecule is COc1ccc2c(c1)CCCC2NC(=O)CCCCCCC(=O)CO. The van der Waals surface area contributed by atoms with Crippen LogP contribution in [0.25, 0.3) is 0 Å². The highest BCUT2D eigenvalue weighted by molar-refractivity contribution is 5.79. The molecule has 1 aliphatic carbocycles. The Bertz CT molecular complexity index is 585. The molecule has 0 bridgehead atoms. The molecule has 0 fully saturated rings. The zero-order chi connectivity index (χ0) is 18.1. The van der Waals surface area contributed by atoms with Crippen molar-refractivity contribution in [1.29, 1.82) is 0 Å². The molecule has 0 saturated heterocycles. The van der Waals surface area contributed by atoms with Crippen molar-refractivity contribution >= 4 is 11.7 Å². The predicted octanol–water partition coefficient (Wildman–Crippen LogP) is 3.09. The molecule has 0 heterocycles. The molecular weight excluding hydrogens is 318 g/mol. The summed E-state index contributed by atoms with van der Waals surface area (Å²) < 4.78 is 5.28. The second kappa shape index (κ2) is 10.2. The van der Waals surface area contributed by atoms with Gasteiger partial charge in [-0.25, -0.2) is 0 Å². The fourth-order valence-corrected chi connectivity index (χ4v) is 3.37. The van der Waals surface area contributed by atoms with Crippen molar-refractivity contribution in [2.24, 2.45) is 0 Å². The zero-order valence-corrected chi connectivity index (χ0v) is 15.1. The van der Waals surface area contributed by atoms with Gasteiger partial charge in [0.25, 0.3) is 0 Å². The van der Waals surface area contributed by atoms with Crippen molar-refractivity contribution in [2.45, 2.75) is 63.8 Å². The van der Waals surface area contributed by atoms with E-state index in [0.717, 1.165) is 50.7 Å². The number of unbranched alkanes of at least 4 members (excludes halogenated alkanes) is 3. The van der Waals surface area contributed by atoms with Crippen LogP contribution >= 0.6 is 0 Å². The van der Waals surface area contributed by atoms with Gasteiger partial charge < -0.3 is 15.2 Å². The first kappa shape index (κ1) is 19.4. The highest BCUT2D eigenvalue weighted by Crippen LogP contribution is 2.32. The second-order valence-electron chi connectivity index (χ2n) is 6.69. The van der Waals surface area contributed by atoms with Crippen LogP contribution in [0.2, 0.25) is 0 Å². The van der Waals surface area contributed by atoms with Crippen LogP contribution in [0, 0.1) is 0 Å². The number of ether oxygens (including phenoxy) is 1. The molecular formula is C20H29NO4. The number of ketones is 1. The standard InChI is InChI=1S/C20H29NO4/c1-25-17-11-12-18-15(13-17)7-6-9-19(18)21-20(24)10-5-3-2-4-8-16(23)14-22/h11-13,19,22H,2-10,14H2,1H3,(H,21,24). The van der Waals surface area contributed by atoms with Crippen LogP contribution in [0.5, 0.6) is 5.75 Å². The quantitative estimate of drug-likeness (QED) is 0.638. The summed E-state index contributed by atoms with van der Waals surface area (Å²) in [7, 11) is 1.67. The van der Waals surface area contributed by atoms with Gasteiger partial charge in [-0.1, -0.05) is 18.9 Å². The lowest BCUT2D eigenvalue weighted by Crippen LogP contribution is -2.30. The molecule has 0 radical (unpaired) electrons. The van der Waals surface area contributed by atoms with Gasteiger partial charge in [0.15, 0.2) is 5.78 Å². The largest absolute Gasteiger partial charge is 0.497 e. The number of amides is 1. The van der Waals surface area contributed by atoms with Crippen LogP contribution in [0.4, 0.5) is 0 Å². The minimum absolute atomic E-state index is 0.0973. The number of hydrogen-bond donors (Lipinski definition) is 2. The Morgan fingerprint density at radius 3 is 2.68 bits per heavy atom. The van der Waals surface area contributed by atoms with Crippen LogP contribution in [0.3, 0.4) is 0 Å². The van der Waals surface area contributed by atoms with Crippen LogP contribution < -0.4 is 10.1 Å². The van der Waals surface area contributed by atoms with E-state index < -0.39 is 0 Å². The van der Waals surface area contributed by atoms with Crippen molar-refractivity contribution < 1.29 is 19.4 Å². The normalized spacial score (nSPS) is 16.2. The van der Waals surface area contributed by atoms with Crippen molar-refractivity contribution in [3.63, 3.8) is 0 Å². The maximum atomic E-state index is 12.2. The molecule has 1 aromatic rings. The lowest BCUT2D eigenvalue weighted by atomic mass is 9.87. The Morgan fingerprint density at radius 1 is 1.20 bits per heavy atom. The number of aliphatic hydroxyl groups is 1. The maximum Gasteiger partial charge on any atom is 0.220 e. The Morgan fingerprint density at radius 2 is 1.96 bits per heavy atom. The van der Waals surface area contributed by atoms with E-state index in [4.69, 9.17) is 9.84 Å². The Labute approximate surface area is 149 Å². The summed E-state index contributed by atoms with van der Waals surface area (Å²) in [6, 6.07) is 6.19. The molecule has 0 aliphatic heterocycles. The van der Waals surface area contributed by atoms with Gasteiger partial charge >= 0.3 is 0 Å².